The molecular weight excluding hydrogens is 574 g/mol. The van der Waals surface area contributed by atoms with Crippen LogP contribution in [0.4, 0.5) is 5.82 Å². The second-order valence-electron chi connectivity index (χ2n) is 11.4. The number of unbranched alkanes of at least 4 members (excludes halogenated alkanes) is 1. The number of likely N-dealkylation sites (N-methyl/N-ethyl adjacent to an activating group) is 1. The third-order valence-corrected chi connectivity index (χ3v) is 8.37. The van der Waals surface area contributed by atoms with Crippen LogP contribution in [0, 0.1) is 0 Å². The van der Waals surface area contributed by atoms with E-state index in [1.165, 1.54) is 11.8 Å². The summed E-state index contributed by atoms with van der Waals surface area (Å²) in [6.45, 7) is 5.87. The first-order chi connectivity index (χ1) is 21.1. The van der Waals surface area contributed by atoms with Crippen molar-refractivity contribution in [2.75, 3.05) is 12.4 Å². The Labute approximate surface area is 263 Å². The summed E-state index contributed by atoms with van der Waals surface area (Å²) in [5.41, 5.74) is 6.63. The van der Waals surface area contributed by atoms with Gasteiger partial charge in [-0.05, 0) is 75.3 Å². The molecule has 4 rings (SSSR count). The molecule has 0 spiro atoms. The number of aryl methyl sites for hydroxylation is 1. The first-order valence-corrected chi connectivity index (χ1v) is 15.7. The van der Waals surface area contributed by atoms with E-state index in [0.29, 0.717) is 12.2 Å². The lowest BCUT2D eigenvalue weighted by Gasteiger charge is -2.24. The molecule has 0 bridgehead atoms. The molecule has 1 aliphatic rings. The van der Waals surface area contributed by atoms with E-state index in [1.54, 1.807) is 18.0 Å². The second kappa shape index (κ2) is 15.5. The van der Waals surface area contributed by atoms with E-state index in [2.05, 4.69) is 31.4 Å². The van der Waals surface area contributed by atoms with E-state index < -0.39 is 4.99 Å². The van der Waals surface area contributed by atoms with Gasteiger partial charge in [0.05, 0.1) is 30.0 Å². The molecule has 44 heavy (non-hydrogen) atoms. The van der Waals surface area contributed by atoms with Gasteiger partial charge in [0.15, 0.2) is 10.8 Å². The molecule has 10 nitrogen and oxygen atoms in total. The molecule has 2 aromatic carbocycles. The highest BCUT2D eigenvalue weighted by Crippen LogP contribution is 2.29. The number of hydrazone groups is 1. The lowest BCUT2D eigenvalue weighted by Crippen LogP contribution is -2.50. The number of carbonyl (C=O) groups is 3. The molecule has 1 unspecified atom stereocenters. The van der Waals surface area contributed by atoms with E-state index in [4.69, 9.17) is 0 Å². The zero-order chi connectivity index (χ0) is 31.5. The number of hydrogen-bond acceptors (Lipinski definition) is 8. The molecule has 3 N–H and O–H groups in total. The van der Waals surface area contributed by atoms with Gasteiger partial charge in [0.2, 0.25) is 17.7 Å². The highest BCUT2D eigenvalue weighted by Gasteiger charge is 2.33. The van der Waals surface area contributed by atoms with Crippen molar-refractivity contribution < 1.29 is 14.4 Å². The number of benzene rings is 2. The Kier molecular flexibility index (Phi) is 11.5. The predicted octanol–water partition coefficient (Wildman–Crippen LogP) is 4.46. The highest BCUT2D eigenvalue weighted by atomic mass is 32.2. The zero-order valence-corrected chi connectivity index (χ0v) is 26.6. The van der Waals surface area contributed by atoms with Crippen molar-refractivity contribution in [3.05, 3.63) is 89.1 Å². The fraction of sp³-hybridized carbons (Fsp3) is 0.394. The smallest absolute Gasteiger partial charge is 0.229 e. The first kappa shape index (κ1) is 32.7. The number of nitrogens with one attached hydrogen (secondary N) is 3. The number of hydrogen-bond donors (Lipinski definition) is 3. The van der Waals surface area contributed by atoms with Crippen LogP contribution < -0.4 is 16.1 Å². The van der Waals surface area contributed by atoms with Gasteiger partial charge in [-0.3, -0.25) is 19.8 Å². The third kappa shape index (κ3) is 10.2. The molecular formula is C33H41N7O3S. The minimum Gasteiger partial charge on any atom is -0.343 e. The summed E-state index contributed by atoms with van der Waals surface area (Å²) in [5.74, 6) is 0.245. The fourth-order valence-corrected chi connectivity index (χ4v) is 5.72. The van der Waals surface area contributed by atoms with Crippen molar-refractivity contribution in [1.82, 2.24) is 25.8 Å². The summed E-state index contributed by atoms with van der Waals surface area (Å²) in [6, 6.07) is 21.0. The number of thioether (sulfide) groups is 1. The molecule has 1 aliphatic heterocycles. The maximum atomic E-state index is 12.9. The van der Waals surface area contributed by atoms with Gasteiger partial charge in [-0.2, -0.15) is 10.2 Å². The van der Waals surface area contributed by atoms with Gasteiger partial charge in [-0.15, -0.1) is 5.10 Å². The van der Waals surface area contributed by atoms with Crippen LogP contribution in [0.3, 0.4) is 0 Å². The van der Waals surface area contributed by atoms with E-state index in [9.17, 15) is 14.4 Å². The maximum Gasteiger partial charge on any atom is 0.229 e. The summed E-state index contributed by atoms with van der Waals surface area (Å²) in [6.07, 6.45) is 4.18. The van der Waals surface area contributed by atoms with Crippen LogP contribution in [0.5, 0.6) is 0 Å². The molecule has 232 valence electrons. The molecule has 1 atom stereocenters. The Hall–Kier alpha value is -4.25. The molecule has 3 amide bonds. The van der Waals surface area contributed by atoms with E-state index >= 15 is 0 Å². The maximum absolute atomic E-state index is 12.9. The molecule has 2 heterocycles. The predicted molar refractivity (Wildman–Crippen MR) is 175 cm³/mol. The van der Waals surface area contributed by atoms with Gasteiger partial charge in [0.1, 0.15) is 0 Å². The Morgan fingerprint density at radius 1 is 0.864 bits per heavy atom. The molecule has 0 saturated carbocycles. The monoisotopic (exact) mass is 615 g/mol. The standard InChI is InChI=1S/C33H41N7O3S/c1-23(2)40(4)32(43)22-26-14-10-13-25(19-26)21-30(42)35-33(3)39-38-31(44-33)16-9-8-15-27-17-18-28(37-36-27)34-29(41)20-24-11-6-5-7-12-24/h5-7,10-14,17-19,23,39H,8-9,15-16,20-22H2,1-4H3,(H,35,42)(H,34,37,41). The lowest BCUT2D eigenvalue weighted by molar-refractivity contribution is -0.130. The topological polar surface area (TPSA) is 129 Å². The Morgan fingerprint density at radius 3 is 2.25 bits per heavy atom. The number of aromatic nitrogens is 2. The van der Waals surface area contributed by atoms with Crippen LogP contribution in [0.25, 0.3) is 0 Å². The average Bonchev–Trinajstić information content (AvgIpc) is 3.36. The van der Waals surface area contributed by atoms with Gasteiger partial charge in [0.25, 0.3) is 0 Å². The molecule has 0 aliphatic carbocycles. The van der Waals surface area contributed by atoms with Crippen LogP contribution >= 0.6 is 11.8 Å². The number of nitrogens with zero attached hydrogens (tertiary/aromatic N) is 4. The Morgan fingerprint density at radius 2 is 1.55 bits per heavy atom. The van der Waals surface area contributed by atoms with Gasteiger partial charge < -0.3 is 15.5 Å². The summed E-state index contributed by atoms with van der Waals surface area (Å²) < 4.78 is 0. The minimum absolute atomic E-state index is 0.0522. The van der Waals surface area contributed by atoms with Crippen molar-refractivity contribution in [2.24, 2.45) is 5.10 Å². The number of carbonyl (C=O) groups excluding carboxylic acids is 3. The van der Waals surface area contributed by atoms with E-state index in [1.807, 2.05) is 81.4 Å². The molecule has 1 aromatic heterocycles. The van der Waals surface area contributed by atoms with E-state index in [0.717, 1.165) is 53.1 Å². The van der Waals surface area contributed by atoms with E-state index in [-0.39, 0.29) is 36.6 Å². The SMILES string of the molecule is CC(C)N(C)C(=O)Cc1cccc(CC(=O)NC2(C)NN=C(CCCCc3ccc(NC(=O)Cc4ccccc4)nn3)S2)c1. The normalized spacial score (nSPS) is 15.8. The third-order valence-electron chi connectivity index (χ3n) is 7.24. The van der Waals surface area contributed by atoms with Crippen LogP contribution in [-0.4, -0.2) is 55.9 Å². The van der Waals surface area contributed by atoms with Crippen molar-refractivity contribution in [2.45, 2.75) is 76.8 Å². The van der Waals surface area contributed by atoms with Crippen molar-refractivity contribution in [3.8, 4) is 0 Å². The van der Waals surface area contributed by atoms with Gasteiger partial charge in [-0.25, -0.2) is 0 Å². The van der Waals surface area contributed by atoms with Gasteiger partial charge in [0, 0.05) is 13.1 Å². The molecule has 0 saturated heterocycles. The lowest BCUT2D eigenvalue weighted by atomic mass is 10.0. The molecule has 11 heteroatoms. The number of anilines is 1. The molecule has 0 radical (unpaired) electrons. The largest absolute Gasteiger partial charge is 0.343 e. The molecule has 3 aromatic rings. The van der Waals surface area contributed by atoms with Crippen LogP contribution in [0.2, 0.25) is 0 Å². The second-order valence-corrected chi connectivity index (χ2v) is 12.9. The number of amides is 3. The summed E-state index contributed by atoms with van der Waals surface area (Å²) in [7, 11) is 1.80. The number of rotatable bonds is 14. The van der Waals surface area contributed by atoms with Crippen molar-refractivity contribution in [1.29, 1.82) is 0 Å². The highest BCUT2D eigenvalue weighted by molar-refractivity contribution is 8.15. The summed E-state index contributed by atoms with van der Waals surface area (Å²) >= 11 is 1.51. The van der Waals surface area contributed by atoms with Gasteiger partial charge in [-0.1, -0.05) is 66.4 Å². The average molecular weight is 616 g/mol. The van der Waals surface area contributed by atoms with Crippen LogP contribution in [0.15, 0.2) is 71.8 Å². The molecule has 0 fully saturated rings. The van der Waals surface area contributed by atoms with Crippen LogP contribution in [-0.2, 0) is 40.1 Å². The first-order valence-electron chi connectivity index (χ1n) is 14.9. The fourth-order valence-electron chi connectivity index (χ4n) is 4.65. The minimum atomic E-state index is -0.716. The zero-order valence-electron chi connectivity index (χ0n) is 25.8. The van der Waals surface area contributed by atoms with Crippen molar-refractivity contribution >= 4 is 40.3 Å². The Balaban J connectivity index is 1.14. The van der Waals surface area contributed by atoms with Gasteiger partial charge >= 0.3 is 0 Å². The van der Waals surface area contributed by atoms with Crippen LogP contribution in [0.1, 0.15) is 62.4 Å². The summed E-state index contributed by atoms with van der Waals surface area (Å²) in [5, 5.41) is 19.6. The Bertz CT molecular complexity index is 1460. The van der Waals surface area contributed by atoms with Crippen molar-refractivity contribution in [3.63, 3.8) is 0 Å². The quantitative estimate of drug-likeness (QED) is 0.229. The summed E-state index contributed by atoms with van der Waals surface area (Å²) in [4.78, 5) is 38.6.